The Kier molecular flexibility index (Phi) is 6.11. The normalized spacial score (nSPS) is 10.1. The summed E-state index contributed by atoms with van der Waals surface area (Å²) in [5, 5.41) is 12.9. The van der Waals surface area contributed by atoms with Crippen molar-refractivity contribution in [2.45, 2.75) is 51.9 Å². The van der Waals surface area contributed by atoms with E-state index in [1.54, 1.807) is 11.3 Å². The van der Waals surface area contributed by atoms with Crippen LogP contribution in [-0.2, 0) is 6.42 Å². The summed E-state index contributed by atoms with van der Waals surface area (Å²) < 4.78 is 0. The second-order valence-corrected chi connectivity index (χ2v) is 4.68. The first kappa shape index (κ1) is 12.3. The van der Waals surface area contributed by atoms with Crippen molar-refractivity contribution in [3.05, 3.63) is 21.9 Å². The fraction of sp³-hybridized carbons (Fsp3) is 0.615. The predicted octanol–water partition coefficient (Wildman–Crippen LogP) is 4.52. The number of thiophene rings is 1. The first-order valence-corrected chi connectivity index (χ1v) is 6.78. The molecule has 0 aromatic carbocycles. The Labute approximate surface area is 96.7 Å². The Hall–Kier alpha value is -0.810. The average Bonchev–Trinajstić information content (AvgIpc) is 2.70. The topological polar surface area (TPSA) is 23.8 Å². The summed E-state index contributed by atoms with van der Waals surface area (Å²) in [6, 6.07) is 2.25. The van der Waals surface area contributed by atoms with Gasteiger partial charge in [0.05, 0.1) is 5.56 Å². The molecular formula is C13H19NS. The molecule has 0 aliphatic carbocycles. The van der Waals surface area contributed by atoms with Crippen molar-refractivity contribution in [2.75, 3.05) is 0 Å². The second-order valence-electron chi connectivity index (χ2n) is 3.94. The highest BCUT2D eigenvalue weighted by Crippen LogP contribution is 2.17. The Morgan fingerprint density at radius 1 is 1.13 bits per heavy atom. The summed E-state index contributed by atoms with van der Waals surface area (Å²) in [4.78, 5) is 0. The lowest BCUT2D eigenvalue weighted by atomic mass is 10.0. The van der Waals surface area contributed by atoms with Gasteiger partial charge >= 0.3 is 0 Å². The van der Waals surface area contributed by atoms with E-state index in [4.69, 9.17) is 5.26 Å². The molecule has 0 amide bonds. The molecule has 0 bridgehead atoms. The minimum atomic E-state index is 0.883. The quantitative estimate of drug-likeness (QED) is 0.621. The van der Waals surface area contributed by atoms with Crippen molar-refractivity contribution in [2.24, 2.45) is 0 Å². The Morgan fingerprint density at radius 3 is 2.60 bits per heavy atom. The van der Waals surface area contributed by atoms with E-state index >= 15 is 0 Å². The van der Waals surface area contributed by atoms with Crippen LogP contribution < -0.4 is 0 Å². The van der Waals surface area contributed by atoms with Gasteiger partial charge in [-0.15, -0.1) is 0 Å². The van der Waals surface area contributed by atoms with Gasteiger partial charge in [-0.2, -0.15) is 16.6 Å². The van der Waals surface area contributed by atoms with Crippen LogP contribution in [-0.4, -0.2) is 0 Å². The number of unbranched alkanes of at least 4 members (excludes halogenated alkanes) is 5. The van der Waals surface area contributed by atoms with Gasteiger partial charge in [-0.1, -0.05) is 39.0 Å². The van der Waals surface area contributed by atoms with Crippen LogP contribution in [0, 0.1) is 11.3 Å². The highest BCUT2D eigenvalue weighted by Gasteiger charge is 2.01. The molecule has 0 atom stereocenters. The number of aryl methyl sites for hydroxylation is 1. The van der Waals surface area contributed by atoms with E-state index in [0.29, 0.717) is 0 Å². The standard InChI is InChI=1S/C13H19NS/c1-2-3-4-5-6-7-8-12-10-15-11-13(12)9-14/h10-11H,2-8H2,1H3. The monoisotopic (exact) mass is 221 g/mol. The first-order chi connectivity index (χ1) is 7.38. The van der Waals surface area contributed by atoms with Gasteiger partial charge in [-0.25, -0.2) is 0 Å². The van der Waals surface area contributed by atoms with Crippen LogP contribution in [0.4, 0.5) is 0 Å². The maximum atomic E-state index is 8.84. The maximum absolute atomic E-state index is 8.84. The van der Waals surface area contributed by atoms with Crippen molar-refractivity contribution < 1.29 is 0 Å². The van der Waals surface area contributed by atoms with Crippen LogP contribution in [0.2, 0.25) is 0 Å². The lowest BCUT2D eigenvalue weighted by Crippen LogP contribution is -1.86. The van der Waals surface area contributed by atoms with Gasteiger partial charge in [0.2, 0.25) is 0 Å². The van der Waals surface area contributed by atoms with Crippen molar-refractivity contribution in [1.82, 2.24) is 0 Å². The number of hydrogen-bond donors (Lipinski definition) is 0. The SMILES string of the molecule is CCCCCCCCc1cscc1C#N. The zero-order valence-corrected chi connectivity index (χ0v) is 10.3. The van der Waals surface area contributed by atoms with Crippen molar-refractivity contribution in [3.63, 3.8) is 0 Å². The van der Waals surface area contributed by atoms with Gasteiger partial charge in [0, 0.05) is 5.38 Å². The maximum Gasteiger partial charge on any atom is 0.100 e. The highest BCUT2D eigenvalue weighted by molar-refractivity contribution is 7.08. The lowest BCUT2D eigenvalue weighted by Gasteiger charge is -2.00. The predicted molar refractivity (Wildman–Crippen MR) is 66.1 cm³/mol. The number of nitrogens with zero attached hydrogens (tertiary/aromatic N) is 1. The Balaban J connectivity index is 2.13. The summed E-state index contributed by atoms with van der Waals surface area (Å²) >= 11 is 1.64. The van der Waals surface area contributed by atoms with Gasteiger partial charge in [0.15, 0.2) is 0 Å². The molecule has 0 N–H and O–H groups in total. The molecule has 1 rings (SSSR count). The largest absolute Gasteiger partial charge is 0.192 e. The van der Waals surface area contributed by atoms with Crippen LogP contribution >= 0.6 is 11.3 Å². The lowest BCUT2D eigenvalue weighted by molar-refractivity contribution is 0.607. The van der Waals surface area contributed by atoms with Crippen LogP contribution in [0.1, 0.15) is 56.6 Å². The molecule has 1 heterocycles. The molecule has 1 nitrogen and oxygen atoms in total. The van der Waals surface area contributed by atoms with Crippen LogP contribution in [0.25, 0.3) is 0 Å². The first-order valence-electron chi connectivity index (χ1n) is 5.83. The second kappa shape index (κ2) is 7.48. The Morgan fingerprint density at radius 2 is 1.87 bits per heavy atom. The molecule has 0 saturated carbocycles. The van der Waals surface area contributed by atoms with Gasteiger partial charge in [0.1, 0.15) is 6.07 Å². The van der Waals surface area contributed by atoms with E-state index in [1.165, 1.54) is 44.1 Å². The smallest absolute Gasteiger partial charge is 0.100 e. The van der Waals surface area contributed by atoms with Gasteiger partial charge in [0.25, 0.3) is 0 Å². The third-order valence-electron chi connectivity index (χ3n) is 2.66. The molecule has 0 unspecified atom stereocenters. The zero-order valence-electron chi connectivity index (χ0n) is 9.46. The fourth-order valence-electron chi connectivity index (χ4n) is 1.71. The van der Waals surface area contributed by atoms with Crippen LogP contribution in [0.5, 0.6) is 0 Å². The molecule has 0 fully saturated rings. The van der Waals surface area contributed by atoms with E-state index < -0.39 is 0 Å². The number of rotatable bonds is 7. The van der Waals surface area contributed by atoms with Gasteiger partial charge < -0.3 is 0 Å². The third kappa shape index (κ3) is 4.48. The molecule has 0 saturated heterocycles. The molecule has 0 spiro atoms. The molecule has 15 heavy (non-hydrogen) atoms. The van der Waals surface area contributed by atoms with E-state index in [2.05, 4.69) is 18.4 Å². The van der Waals surface area contributed by atoms with Crippen molar-refractivity contribution in [3.8, 4) is 6.07 Å². The summed E-state index contributed by atoms with van der Waals surface area (Å²) in [6.45, 7) is 2.24. The molecule has 1 aromatic rings. The van der Waals surface area contributed by atoms with E-state index in [-0.39, 0.29) is 0 Å². The van der Waals surface area contributed by atoms with Crippen molar-refractivity contribution in [1.29, 1.82) is 5.26 Å². The van der Waals surface area contributed by atoms with Gasteiger partial charge in [-0.3, -0.25) is 0 Å². The molecule has 0 radical (unpaired) electrons. The zero-order chi connectivity index (χ0) is 10.9. The summed E-state index contributed by atoms with van der Waals surface area (Å²) in [7, 11) is 0. The molecule has 0 aliphatic rings. The van der Waals surface area contributed by atoms with E-state index in [9.17, 15) is 0 Å². The Bertz CT molecular complexity index is 309. The van der Waals surface area contributed by atoms with Crippen molar-refractivity contribution >= 4 is 11.3 Å². The third-order valence-corrected chi connectivity index (χ3v) is 3.45. The average molecular weight is 221 g/mol. The minimum Gasteiger partial charge on any atom is -0.192 e. The number of hydrogen-bond acceptors (Lipinski definition) is 2. The highest BCUT2D eigenvalue weighted by atomic mass is 32.1. The van der Waals surface area contributed by atoms with E-state index in [1.807, 2.05) is 5.38 Å². The fourth-order valence-corrected chi connectivity index (χ4v) is 2.53. The molecule has 82 valence electrons. The molecular weight excluding hydrogens is 202 g/mol. The van der Waals surface area contributed by atoms with Crippen LogP contribution in [0.15, 0.2) is 10.8 Å². The minimum absolute atomic E-state index is 0.883. The van der Waals surface area contributed by atoms with Crippen LogP contribution in [0.3, 0.4) is 0 Å². The molecule has 1 aromatic heterocycles. The summed E-state index contributed by atoms with van der Waals surface area (Å²) in [6.07, 6.45) is 9.00. The van der Waals surface area contributed by atoms with Gasteiger partial charge in [-0.05, 0) is 23.8 Å². The molecule has 2 heteroatoms. The number of nitriles is 1. The summed E-state index contributed by atoms with van der Waals surface area (Å²) in [5.74, 6) is 0. The van der Waals surface area contributed by atoms with E-state index in [0.717, 1.165) is 12.0 Å². The molecule has 0 aliphatic heterocycles. The summed E-state index contributed by atoms with van der Waals surface area (Å²) in [5.41, 5.74) is 2.13.